The van der Waals surface area contributed by atoms with Crippen molar-refractivity contribution in [2.24, 2.45) is 0 Å². The van der Waals surface area contributed by atoms with Gasteiger partial charge in [-0.1, -0.05) is 6.08 Å². The summed E-state index contributed by atoms with van der Waals surface area (Å²) in [4.78, 5) is 9.98. The van der Waals surface area contributed by atoms with Gasteiger partial charge in [0.05, 0.1) is 6.26 Å². The molecule has 0 aliphatic rings. The molecule has 0 bridgehead atoms. The quantitative estimate of drug-likeness (QED) is 0.388. The van der Waals surface area contributed by atoms with Crippen LogP contribution in [0.25, 0.3) is 0 Å². The van der Waals surface area contributed by atoms with Crippen LogP contribution in [0.4, 0.5) is 0 Å². The molecular weight excluding hydrogens is 108 g/mol. The molecule has 0 atom stereocenters. The summed E-state index contributed by atoms with van der Waals surface area (Å²) < 4.78 is 4.21. The van der Waals surface area contributed by atoms with Gasteiger partial charge < -0.3 is 4.74 Å². The highest BCUT2D eigenvalue weighted by atomic mass is 16.5. The van der Waals surface area contributed by atoms with Crippen molar-refractivity contribution in [3.63, 3.8) is 0 Å². The summed E-state index contributed by atoms with van der Waals surface area (Å²) in [5.74, 6) is -0.747. The van der Waals surface area contributed by atoms with Gasteiger partial charge in [0.2, 0.25) is 0 Å². The van der Waals surface area contributed by atoms with Crippen molar-refractivity contribution in [3.8, 4) is 0 Å². The second-order valence-corrected chi connectivity index (χ2v) is 1.10. The lowest BCUT2D eigenvalue weighted by molar-refractivity contribution is -0.143. The molecule has 3 nitrogen and oxygen atoms in total. The Hall–Kier alpha value is -0.830. The van der Waals surface area contributed by atoms with E-state index in [-0.39, 0.29) is 0 Å². The van der Waals surface area contributed by atoms with Crippen LogP contribution >= 0.6 is 0 Å². The molecule has 0 aliphatic carbocycles. The number of hydrogen-bond acceptors (Lipinski definition) is 2. The van der Waals surface area contributed by atoms with E-state index in [1.54, 1.807) is 6.92 Å². The predicted octanol–water partition coefficient (Wildman–Crippen LogP) is 0.494. The van der Waals surface area contributed by atoms with Crippen molar-refractivity contribution >= 4 is 5.97 Å². The van der Waals surface area contributed by atoms with E-state index in [0.29, 0.717) is 0 Å². The maximum absolute atomic E-state index is 9.98. The molecule has 3 heteroatoms. The first kappa shape index (κ1) is 7.17. The fourth-order valence-corrected chi connectivity index (χ4v) is 0.178. The smallest absolute Gasteiger partial charge is 0.340 e. The van der Waals surface area contributed by atoms with Gasteiger partial charge in [-0.3, -0.25) is 0 Å². The van der Waals surface area contributed by atoms with E-state index < -0.39 is 12.6 Å². The van der Waals surface area contributed by atoms with Crippen LogP contribution in [-0.4, -0.2) is 12.6 Å². The van der Waals surface area contributed by atoms with Crippen LogP contribution in [0.5, 0.6) is 0 Å². The molecule has 8 heavy (non-hydrogen) atoms. The lowest BCUT2D eigenvalue weighted by atomic mass is 10.7. The Labute approximate surface area is 47.6 Å². The zero-order valence-electron chi connectivity index (χ0n) is 4.59. The van der Waals surface area contributed by atoms with Crippen LogP contribution in [0.2, 0.25) is 0 Å². The minimum Gasteiger partial charge on any atom is -0.433 e. The second-order valence-electron chi connectivity index (χ2n) is 1.10. The minimum absolute atomic E-state index is 0.747. The Balaban J connectivity index is 3.25. The molecule has 0 amide bonds. The third kappa shape index (κ3) is 3.36. The summed E-state index contributed by atoms with van der Waals surface area (Å²) in [7, 11) is 0. The Morgan fingerprint density at radius 3 is 2.75 bits per heavy atom. The average molecular weight is 115 g/mol. The van der Waals surface area contributed by atoms with Crippen molar-refractivity contribution in [2.45, 2.75) is 6.92 Å². The van der Waals surface area contributed by atoms with Gasteiger partial charge in [-0.15, -0.1) is 0 Å². The summed E-state index contributed by atoms with van der Waals surface area (Å²) in [5, 5.41) is 9.63. The monoisotopic (exact) mass is 115 g/mol. The molecule has 0 fully saturated rings. The molecule has 1 radical (unpaired) electrons. The Kier molecular flexibility index (Phi) is 3.88. The normalized spacial score (nSPS) is 9.75. The summed E-state index contributed by atoms with van der Waals surface area (Å²) in [6.45, 7) is 0.877. The van der Waals surface area contributed by atoms with E-state index in [2.05, 4.69) is 4.74 Å². The molecule has 0 N–H and O–H groups in total. The number of carbonyl (C=O) groups excluding carboxylic acids is 1. The van der Waals surface area contributed by atoms with E-state index in [1.807, 2.05) is 0 Å². The van der Waals surface area contributed by atoms with Crippen molar-refractivity contribution in [1.82, 2.24) is 0 Å². The van der Waals surface area contributed by atoms with Crippen LogP contribution < -0.4 is 0 Å². The van der Waals surface area contributed by atoms with Crippen LogP contribution in [-0.2, 0) is 14.6 Å². The number of esters is 1. The molecule has 0 spiro atoms. The Bertz CT molecular complexity index is 95.8. The first-order valence-electron chi connectivity index (χ1n) is 2.20. The minimum atomic E-state index is -0.815. The fourth-order valence-electron chi connectivity index (χ4n) is 0.178. The molecule has 0 aromatic carbocycles. The van der Waals surface area contributed by atoms with Crippen molar-refractivity contribution in [2.75, 3.05) is 6.61 Å². The lowest BCUT2D eigenvalue weighted by Crippen LogP contribution is -2.02. The molecule has 0 saturated heterocycles. The summed E-state index contributed by atoms with van der Waals surface area (Å²) in [5.41, 5.74) is 0. The van der Waals surface area contributed by atoms with Crippen LogP contribution in [0.3, 0.4) is 0 Å². The predicted molar refractivity (Wildman–Crippen MR) is 26.5 cm³/mol. The third-order valence-electron chi connectivity index (χ3n) is 0.453. The highest BCUT2D eigenvalue weighted by Gasteiger charge is 1.94. The summed E-state index contributed by atoms with van der Waals surface area (Å²) >= 11 is 0. The Morgan fingerprint density at radius 1 is 1.75 bits per heavy atom. The van der Waals surface area contributed by atoms with Crippen LogP contribution in [0.15, 0.2) is 12.3 Å². The van der Waals surface area contributed by atoms with Gasteiger partial charge in [0.25, 0.3) is 0 Å². The molecule has 0 unspecified atom stereocenters. The molecule has 45 valence electrons. The standard InChI is InChI=1S/C5H7O3/c1-2-3-8-5(7)4-6/h2-3H,4H2,1H3. The van der Waals surface area contributed by atoms with Crippen molar-refractivity contribution < 1.29 is 14.6 Å². The van der Waals surface area contributed by atoms with E-state index in [0.717, 1.165) is 0 Å². The van der Waals surface area contributed by atoms with Crippen molar-refractivity contribution in [1.29, 1.82) is 0 Å². The average Bonchev–Trinajstić information content (AvgIpc) is 1.83. The van der Waals surface area contributed by atoms with Crippen molar-refractivity contribution in [3.05, 3.63) is 12.3 Å². The molecular formula is C5H7O3. The highest BCUT2D eigenvalue weighted by molar-refractivity contribution is 5.70. The molecule has 0 aromatic rings. The maximum Gasteiger partial charge on any atom is 0.340 e. The van der Waals surface area contributed by atoms with E-state index in [9.17, 15) is 9.90 Å². The van der Waals surface area contributed by atoms with E-state index >= 15 is 0 Å². The summed E-state index contributed by atoms with van der Waals surface area (Å²) in [6, 6.07) is 0. The summed E-state index contributed by atoms with van der Waals surface area (Å²) in [6.07, 6.45) is 2.72. The van der Waals surface area contributed by atoms with Gasteiger partial charge >= 0.3 is 5.97 Å². The van der Waals surface area contributed by atoms with Gasteiger partial charge in [-0.2, -0.15) is 0 Å². The molecule has 0 aromatic heterocycles. The van der Waals surface area contributed by atoms with Gasteiger partial charge in [-0.25, -0.2) is 9.90 Å². The molecule has 0 heterocycles. The number of carbonyl (C=O) groups is 1. The van der Waals surface area contributed by atoms with Gasteiger partial charge in [0.1, 0.15) is 0 Å². The molecule has 0 aliphatic heterocycles. The van der Waals surface area contributed by atoms with E-state index in [4.69, 9.17) is 0 Å². The largest absolute Gasteiger partial charge is 0.433 e. The Morgan fingerprint density at radius 2 is 2.38 bits per heavy atom. The first-order valence-corrected chi connectivity index (χ1v) is 2.20. The number of allylic oxidation sites excluding steroid dienone is 1. The topological polar surface area (TPSA) is 46.2 Å². The third-order valence-corrected chi connectivity index (χ3v) is 0.453. The van der Waals surface area contributed by atoms with Crippen LogP contribution in [0.1, 0.15) is 6.92 Å². The lowest BCUT2D eigenvalue weighted by Gasteiger charge is -1.88. The first-order chi connectivity index (χ1) is 3.81. The zero-order chi connectivity index (χ0) is 6.41. The van der Waals surface area contributed by atoms with E-state index in [1.165, 1.54) is 12.3 Å². The highest BCUT2D eigenvalue weighted by Crippen LogP contribution is 1.77. The SMILES string of the molecule is CC=COC(=O)C[O]. The zero-order valence-corrected chi connectivity index (χ0v) is 4.59. The fraction of sp³-hybridized carbons (Fsp3) is 0.400. The number of rotatable bonds is 2. The van der Waals surface area contributed by atoms with Gasteiger partial charge in [-0.05, 0) is 6.92 Å². The van der Waals surface area contributed by atoms with Gasteiger partial charge in [0, 0.05) is 0 Å². The molecule has 0 saturated carbocycles. The number of ether oxygens (including phenoxy) is 1. The molecule has 0 rings (SSSR count). The second kappa shape index (κ2) is 4.33. The van der Waals surface area contributed by atoms with Crippen LogP contribution in [0, 0.1) is 0 Å². The van der Waals surface area contributed by atoms with Gasteiger partial charge in [0.15, 0.2) is 6.61 Å². The number of hydrogen-bond donors (Lipinski definition) is 0. The maximum atomic E-state index is 9.98.